The maximum absolute atomic E-state index is 13.6. The molecule has 3 aromatic rings. The van der Waals surface area contributed by atoms with Crippen LogP contribution in [0, 0.1) is 6.92 Å². The molecule has 0 atom stereocenters. The minimum atomic E-state index is -4.17. The van der Waals surface area contributed by atoms with Crippen LogP contribution in [0.1, 0.15) is 22.8 Å². The Bertz CT molecular complexity index is 1330. The first-order valence-corrected chi connectivity index (χ1v) is 12.5. The molecule has 10 heteroatoms. The molecule has 0 unspecified atom stereocenters. The number of para-hydroxylation sites is 2. The van der Waals surface area contributed by atoms with Gasteiger partial charge in [0.1, 0.15) is 12.3 Å². The molecule has 1 N–H and O–H groups in total. The standard InChI is InChI=1S/C25H25ClN2O6S/c1-4-34-23-8-6-5-7-22(23)28(35(31,32)20-13-11-19(26)12-14-20)16-24(29)27-21-15-18(25(30)33-3)10-9-17(21)2/h5-15H,4,16H2,1-3H3,(H,27,29). The number of amides is 1. The van der Waals surface area contributed by atoms with Crippen LogP contribution in [0.4, 0.5) is 11.4 Å². The molecule has 0 saturated heterocycles. The van der Waals surface area contributed by atoms with E-state index in [2.05, 4.69) is 5.32 Å². The monoisotopic (exact) mass is 516 g/mol. The highest BCUT2D eigenvalue weighted by atomic mass is 35.5. The summed E-state index contributed by atoms with van der Waals surface area (Å²) in [5, 5.41) is 3.08. The van der Waals surface area contributed by atoms with Gasteiger partial charge in [-0.25, -0.2) is 13.2 Å². The highest BCUT2D eigenvalue weighted by molar-refractivity contribution is 7.92. The number of halogens is 1. The van der Waals surface area contributed by atoms with Crippen molar-refractivity contribution in [2.24, 2.45) is 0 Å². The summed E-state index contributed by atoms with van der Waals surface area (Å²) >= 11 is 5.93. The topological polar surface area (TPSA) is 102 Å². The molecule has 0 aliphatic heterocycles. The molecule has 3 rings (SSSR count). The van der Waals surface area contributed by atoms with E-state index in [0.29, 0.717) is 28.6 Å². The van der Waals surface area contributed by atoms with Gasteiger partial charge < -0.3 is 14.8 Å². The molecule has 0 saturated carbocycles. The summed E-state index contributed by atoms with van der Waals surface area (Å²) in [6.45, 7) is 3.29. The van der Waals surface area contributed by atoms with Crippen LogP contribution < -0.4 is 14.4 Å². The first-order valence-electron chi connectivity index (χ1n) is 10.7. The maximum Gasteiger partial charge on any atom is 0.337 e. The van der Waals surface area contributed by atoms with Crippen molar-refractivity contribution < 1.29 is 27.5 Å². The fourth-order valence-corrected chi connectivity index (χ4v) is 4.85. The summed E-state index contributed by atoms with van der Waals surface area (Å²) in [6, 6.07) is 16.9. The number of sulfonamides is 1. The number of aryl methyl sites for hydroxylation is 1. The first-order chi connectivity index (χ1) is 16.7. The number of anilines is 2. The van der Waals surface area contributed by atoms with Gasteiger partial charge in [-0.2, -0.15) is 0 Å². The van der Waals surface area contributed by atoms with Gasteiger partial charge in [-0.05, 0) is 67.9 Å². The van der Waals surface area contributed by atoms with Gasteiger partial charge in [-0.1, -0.05) is 29.8 Å². The lowest BCUT2D eigenvalue weighted by atomic mass is 10.1. The average molecular weight is 517 g/mol. The molecule has 1 amide bonds. The molecule has 35 heavy (non-hydrogen) atoms. The van der Waals surface area contributed by atoms with Crippen molar-refractivity contribution in [1.82, 2.24) is 0 Å². The van der Waals surface area contributed by atoms with Crippen molar-refractivity contribution in [2.75, 3.05) is 29.9 Å². The second-order valence-corrected chi connectivity index (χ2v) is 9.73. The molecule has 0 heterocycles. The van der Waals surface area contributed by atoms with E-state index in [1.165, 1.54) is 37.4 Å². The van der Waals surface area contributed by atoms with E-state index in [4.69, 9.17) is 21.1 Å². The van der Waals surface area contributed by atoms with E-state index in [1.807, 2.05) is 0 Å². The predicted molar refractivity (Wildman–Crippen MR) is 135 cm³/mol. The number of hydrogen-bond acceptors (Lipinski definition) is 6. The molecule has 0 radical (unpaired) electrons. The Hall–Kier alpha value is -3.56. The van der Waals surface area contributed by atoms with E-state index in [-0.39, 0.29) is 16.1 Å². The Morgan fingerprint density at radius 1 is 1.03 bits per heavy atom. The van der Waals surface area contributed by atoms with Gasteiger partial charge in [0, 0.05) is 10.7 Å². The van der Waals surface area contributed by atoms with Gasteiger partial charge in [0.25, 0.3) is 10.0 Å². The number of methoxy groups -OCH3 is 1. The van der Waals surface area contributed by atoms with Gasteiger partial charge in [0.15, 0.2) is 0 Å². The average Bonchev–Trinajstić information content (AvgIpc) is 2.84. The summed E-state index contributed by atoms with van der Waals surface area (Å²) < 4.78 is 38.6. The van der Waals surface area contributed by atoms with Gasteiger partial charge in [0.05, 0.1) is 29.9 Å². The van der Waals surface area contributed by atoms with Gasteiger partial charge in [-0.3, -0.25) is 9.10 Å². The van der Waals surface area contributed by atoms with Crippen LogP contribution in [0.5, 0.6) is 5.75 Å². The highest BCUT2D eigenvalue weighted by Gasteiger charge is 2.29. The largest absolute Gasteiger partial charge is 0.492 e. The predicted octanol–water partition coefficient (Wildman–Crippen LogP) is 4.67. The van der Waals surface area contributed by atoms with Crippen LogP contribution in [0.3, 0.4) is 0 Å². The lowest BCUT2D eigenvalue weighted by molar-refractivity contribution is -0.114. The Morgan fingerprint density at radius 2 is 1.71 bits per heavy atom. The number of nitrogens with one attached hydrogen (secondary N) is 1. The van der Waals surface area contributed by atoms with Crippen molar-refractivity contribution in [3.63, 3.8) is 0 Å². The van der Waals surface area contributed by atoms with Crippen LogP contribution in [-0.4, -0.2) is 40.6 Å². The summed E-state index contributed by atoms with van der Waals surface area (Å²) in [4.78, 5) is 25.0. The summed E-state index contributed by atoms with van der Waals surface area (Å²) in [5.41, 5.74) is 1.51. The zero-order chi connectivity index (χ0) is 25.6. The smallest absolute Gasteiger partial charge is 0.337 e. The van der Waals surface area contributed by atoms with Crippen molar-refractivity contribution >= 4 is 44.9 Å². The summed E-state index contributed by atoms with van der Waals surface area (Å²) in [5.74, 6) is -0.860. The van der Waals surface area contributed by atoms with E-state index >= 15 is 0 Å². The quantitative estimate of drug-likeness (QED) is 0.415. The molecule has 0 bridgehead atoms. The lowest BCUT2D eigenvalue weighted by Crippen LogP contribution is -2.38. The number of ether oxygens (including phenoxy) is 2. The normalized spacial score (nSPS) is 11.0. The summed E-state index contributed by atoms with van der Waals surface area (Å²) in [6.07, 6.45) is 0. The minimum Gasteiger partial charge on any atom is -0.492 e. The molecule has 184 valence electrons. The van der Waals surface area contributed by atoms with Crippen LogP contribution in [-0.2, 0) is 19.6 Å². The van der Waals surface area contributed by atoms with Crippen LogP contribution in [0.15, 0.2) is 71.6 Å². The van der Waals surface area contributed by atoms with Gasteiger partial charge >= 0.3 is 5.97 Å². The van der Waals surface area contributed by atoms with E-state index in [1.54, 1.807) is 50.2 Å². The van der Waals surface area contributed by atoms with Crippen molar-refractivity contribution in [2.45, 2.75) is 18.7 Å². The third kappa shape index (κ3) is 6.12. The van der Waals surface area contributed by atoms with Gasteiger partial charge in [0.2, 0.25) is 5.91 Å². The zero-order valence-corrected chi connectivity index (χ0v) is 21.0. The Labute approximate surface area is 209 Å². The number of rotatable bonds is 9. The molecule has 0 aliphatic carbocycles. The number of esters is 1. The lowest BCUT2D eigenvalue weighted by Gasteiger charge is -2.26. The molecule has 0 aliphatic rings. The van der Waals surface area contributed by atoms with Crippen LogP contribution in [0.25, 0.3) is 0 Å². The maximum atomic E-state index is 13.6. The SMILES string of the molecule is CCOc1ccccc1N(CC(=O)Nc1cc(C(=O)OC)ccc1C)S(=O)(=O)c1ccc(Cl)cc1. The molecular weight excluding hydrogens is 492 g/mol. The van der Waals surface area contributed by atoms with Crippen LogP contribution in [0.2, 0.25) is 5.02 Å². The fourth-order valence-electron chi connectivity index (χ4n) is 3.30. The third-order valence-electron chi connectivity index (χ3n) is 5.06. The molecule has 0 spiro atoms. The number of nitrogens with zero attached hydrogens (tertiary/aromatic N) is 1. The van der Waals surface area contributed by atoms with E-state index in [0.717, 1.165) is 4.31 Å². The second kappa shape index (κ2) is 11.2. The molecule has 0 aromatic heterocycles. The molecule has 0 fully saturated rings. The zero-order valence-electron chi connectivity index (χ0n) is 19.4. The van der Waals surface area contributed by atoms with Gasteiger partial charge in [-0.15, -0.1) is 0 Å². The van der Waals surface area contributed by atoms with E-state index in [9.17, 15) is 18.0 Å². The first kappa shape index (κ1) is 26.1. The number of benzene rings is 3. The van der Waals surface area contributed by atoms with Crippen molar-refractivity contribution in [3.8, 4) is 5.75 Å². The fraction of sp³-hybridized carbons (Fsp3) is 0.200. The van der Waals surface area contributed by atoms with Crippen molar-refractivity contribution in [3.05, 3.63) is 82.9 Å². The number of carbonyl (C=O) groups excluding carboxylic acids is 2. The van der Waals surface area contributed by atoms with E-state index < -0.39 is 28.4 Å². The Morgan fingerprint density at radius 3 is 2.37 bits per heavy atom. The van der Waals surface area contributed by atoms with Crippen molar-refractivity contribution in [1.29, 1.82) is 0 Å². The molecule has 8 nitrogen and oxygen atoms in total. The minimum absolute atomic E-state index is 0.0372. The Kier molecular flexibility index (Phi) is 8.37. The second-order valence-electron chi connectivity index (χ2n) is 7.44. The highest BCUT2D eigenvalue weighted by Crippen LogP contribution is 2.33. The number of carbonyl (C=O) groups is 2. The summed E-state index contributed by atoms with van der Waals surface area (Å²) in [7, 11) is -2.92. The molecule has 3 aromatic carbocycles. The number of hydrogen-bond donors (Lipinski definition) is 1. The Balaban J connectivity index is 2.00. The molecular formula is C25H25ClN2O6S. The third-order valence-corrected chi connectivity index (χ3v) is 7.08. The van der Waals surface area contributed by atoms with Crippen LogP contribution >= 0.6 is 11.6 Å².